The topological polar surface area (TPSA) is 81.1 Å². The Morgan fingerprint density at radius 2 is 2.44 bits per heavy atom. The molecule has 1 atom stereocenters. The van der Waals surface area contributed by atoms with Crippen LogP contribution in [0.25, 0.3) is 0 Å². The molecule has 1 heterocycles. The van der Waals surface area contributed by atoms with E-state index < -0.39 is 11.5 Å². The first-order chi connectivity index (χ1) is 7.49. The fraction of sp³-hybridized carbons (Fsp3) is 0.636. The van der Waals surface area contributed by atoms with Crippen molar-refractivity contribution in [2.75, 3.05) is 0 Å². The number of hydrogen-bond acceptors (Lipinski definition) is 3. The lowest BCUT2D eigenvalue weighted by atomic mass is 10.00. The quantitative estimate of drug-likeness (QED) is 0.778. The van der Waals surface area contributed by atoms with Crippen LogP contribution in [0.3, 0.4) is 0 Å². The van der Waals surface area contributed by atoms with E-state index in [1.165, 1.54) is 25.3 Å². The molecule has 1 fully saturated rings. The molecule has 0 bridgehead atoms. The van der Waals surface area contributed by atoms with Crippen molar-refractivity contribution in [2.45, 2.75) is 44.2 Å². The number of nitrogens with two attached hydrogens (primary N) is 1. The maximum atomic E-state index is 10.8. The van der Waals surface area contributed by atoms with E-state index in [1.807, 2.05) is 12.4 Å². The first-order valence-corrected chi connectivity index (χ1v) is 5.54. The molecule has 5 heteroatoms. The van der Waals surface area contributed by atoms with E-state index >= 15 is 0 Å². The van der Waals surface area contributed by atoms with Gasteiger partial charge in [-0.2, -0.15) is 5.10 Å². The highest BCUT2D eigenvalue weighted by Gasteiger charge is 2.28. The SMILES string of the molecule is CC(N)(CCn1cc(C2CC2)cn1)C(=O)O. The molecule has 1 aromatic heterocycles. The zero-order valence-electron chi connectivity index (χ0n) is 9.39. The zero-order valence-corrected chi connectivity index (χ0v) is 9.39. The van der Waals surface area contributed by atoms with Gasteiger partial charge in [-0.25, -0.2) is 0 Å². The second kappa shape index (κ2) is 3.90. The van der Waals surface area contributed by atoms with E-state index in [-0.39, 0.29) is 0 Å². The maximum Gasteiger partial charge on any atom is 0.323 e. The van der Waals surface area contributed by atoms with Crippen LogP contribution in [0, 0.1) is 0 Å². The number of carboxylic acids is 1. The predicted octanol–water partition coefficient (Wildman–Crippen LogP) is 0.953. The summed E-state index contributed by atoms with van der Waals surface area (Å²) in [7, 11) is 0. The Bertz CT molecular complexity index is 394. The maximum absolute atomic E-state index is 10.8. The Morgan fingerprint density at radius 3 is 3.00 bits per heavy atom. The van der Waals surface area contributed by atoms with Gasteiger partial charge in [0.1, 0.15) is 5.54 Å². The van der Waals surface area contributed by atoms with Gasteiger partial charge in [0.15, 0.2) is 0 Å². The molecule has 1 aliphatic rings. The van der Waals surface area contributed by atoms with Gasteiger partial charge in [-0.3, -0.25) is 9.48 Å². The number of rotatable bonds is 5. The average molecular weight is 223 g/mol. The molecule has 0 amide bonds. The largest absolute Gasteiger partial charge is 0.480 e. The van der Waals surface area contributed by atoms with Gasteiger partial charge < -0.3 is 10.8 Å². The molecule has 1 aliphatic carbocycles. The Hall–Kier alpha value is -1.36. The summed E-state index contributed by atoms with van der Waals surface area (Å²) in [6, 6.07) is 0. The molecule has 88 valence electrons. The molecule has 1 saturated carbocycles. The van der Waals surface area contributed by atoms with Crippen molar-refractivity contribution in [3.05, 3.63) is 18.0 Å². The molecule has 2 rings (SSSR count). The minimum absolute atomic E-state index is 0.383. The molecule has 16 heavy (non-hydrogen) atoms. The molecule has 1 aromatic rings. The van der Waals surface area contributed by atoms with Crippen LogP contribution in [0.15, 0.2) is 12.4 Å². The summed E-state index contributed by atoms with van der Waals surface area (Å²) < 4.78 is 1.78. The number of carboxylic acid groups (broad SMARTS) is 1. The Morgan fingerprint density at radius 1 is 1.75 bits per heavy atom. The lowest BCUT2D eigenvalue weighted by Gasteiger charge is -2.18. The van der Waals surface area contributed by atoms with E-state index in [2.05, 4.69) is 5.10 Å². The standard InChI is InChI=1S/C11H17N3O2/c1-11(12,10(15)16)4-5-14-7-9(6-13-14)8-2-3-8/h6-8H,2-5,12H2,1H3,(H,15,16). The number of aliphatic carboxylic acids is 1. The molecule has 1 unspecified atom stereocenters. The summed E-state index contributed by atoms with van der Waals surface area (Å²) in [6.45, 7) is 2.08. The number of aryl methyl sites for hydroxylation is 1. The summed E-state index contributed by atoms with van der Waals surface area (Å²) >= 11 is 0. The summed E-state index contributed by atoms with van der Waals surface area (Å²) in [4.78, 5) is 10.8. The predicted molar refractivity (Wildman–Crippen MR) is 59.0 cm³/mol. The average Bonchev–Trinajstić information content (AvgIpc) is 2.95. The van der Waals surface area contributed by atoms with E-state index in [4.69, 9.17) is 10.8 Å². The van der Waals surface area contributed by atoms with E-state index in [0.717, 1.165) is 0 Å². The van der Waals surface area contributed by atoms with Gasteiger partial charge >= 0.3 is 5.97 Å². The van der Waals surface area contributed by atoms with Crippen LogP contribution in [-0.2, 0) is 11.3 Å². The van der Waals surface area contributed by atoms with Gasteiger partial charge in [-0.05, 0) is 37.7 Å². The van der Waals surface area contributed by atoms with Crippen molar-refractivity contribution in [1.29, 1.82) is 0 Å². The van der Waals surface area contributed by atoms with Crippen LogP contribution < -0.4 is 5.73 Å². The van der Waals surface area contributed by atoms with Gasteiger partial charge in [0.05, 0.1) is 6.20 Å². The lowest BCUT2D eigenvalue weighted by Crippen LogP contribution is -2.45. The summed E-state index contributed by atoms with van der Waals surface area (Å²) in [5, 5.41) is 13.1. The van der Waals surface area contributed by atoms with Crippen molar-refractivity contribution in [3.8, 4) is 0 Å². The number of aromatic nitrogens is 2. The van der Waals surface area contributed by atoms with Crippen LogP contribution in [0.5, 0.6) is 0 Å². The first-order valence-electron chi connectivity index (χ1n) is 5.54. The summed E-state index contributed by atoms with van der Waals surface area (Å²) in [5.41, 5.74) is 5.73. The van der Waals surface area contributed by atoms with E-state index in [0.29, 0.717) is 18.9 Å². The highest BCUT2D eigenvalue weighted by molar-refractivity contribution is 5.77. The van der Waals surface area contributed by atoms with Crippen LogP contribution in [0.1, 0.15) is 37.7 Å². The van der Waals surface area contributed by atoms with Crippen molar-refractivity contribution in [3.63, 3.8) is 0 Å². The minimum Gasteiger partial charge on any atom is -0.480 e. The second-order valence-electron chi connectivity index (χ2n) is 4.78. The smallest absolute Gasteiger partial charge is 0.323 e. The Balaban J connectivity index is 1.91. The fourth-order valence-corrected chi connectivity index (χ4v) is 1.58. The van der Waals surface area contributed by atoms with Crippen LogP contribution in [-0.4, -0.2) is 26.4 Å². The monoisotopic (exact) mass is 223 g/mol. The third-order valence-electron chi connectivity index (χ3n) is 3.05. The van der Waals surface area contributed by atoms with Gasteiger partial charge in [0, 0.05) is 12.7 Å². The van der Waals surface area contributed by atoms with Crippen molar-refractivity contribution >= 4 is 5.97 Å². The van der Waals surface area contributed by atoms with E-state index in [9.17, 15) is 4.79 Å². The molecular weight excluding hydrogens is 206 g/mol. The van der Waals surface area contributed by atoms with Gasteiger partial charge in [0.25, 0.3) is 0 Å². The highest BCUT2D eigenvalue weighted by atomic mass is 16.4. The molecule has 0 spiro atoms. The van der Waals surface area contributed by atoms with E-state index in [1.54, 1.807) is 4.68 Å². The van der Waals surface area contributed by atoms with Crippen molar-refractivity contribution in [1.82, 2.24) is 9.78 Å². The lowest BCUT2D eigenvalue weighted by molar-refractivity contribution is -0.143. The number of carbonyl (C=O) groups is 1. The highest BCUT2D eigenvalue weighted by Crippen LogP contribution is 2.39. The van der Waals surface area contributed by atoms with Crippen LogP contribution >= 0.6 is 0 Å². The third kappa shape index (κ3) is 2.41. The third-order valence-corrected chi connectivity index (χ3v) is 3.05. The summed E-state index contributed by atoms with van der Waals surface area (Å²) in [5.74, 6) is -0.292. The molecule has 0 saturated heterocycles. The molecular formula is C11H17N3O2. The number of hydrogen-bond donors (Lipinski definition) is 2. The molecule has 3 N–H and O–H groups in total. The zero-order chi connectivity index (χ0) is 11.8. The molecule has 0 radical (unpaired) electrons. The Labute approximate surface area is 94.2 Å². The molecule has 0 aromatic carbocycles. The second-order valence-corrected chi connectivity index (χ2v) is 4.78. The van der Waals surface area contributed by atoms with Crippen molar-refractivity contribution < 1.29 is 9.90 Å². The Kier molecular flexibility index (Phi) is 2.71. The van der Waals surface area contributed by atoms with Crippen molar-refractivity contribution in [2.24, 2.45) is 5.73 Å². The number of nitrogens with zero attached hydrogens (tertiary/aromatic N) is 2. The minimum atomic E-state index is -1.17. The first kappa shape index (κ1) is 11.1. The van der Waals surface area contributed by atoms with Gasteiger partial charge in [-0.1, -0.05) is 0 Å². The normalized spacial score (nSPS) is 19.4. The molecule has 0 aliphatic heterocycles. The molecule has 5 nitrogen and oxygen atoms in total. The van der Waals surface area contributed by atoms with Crippen LogP contribution in [0.4, 0.5) is 0 Å². The summed E-state index contributed by atoms with van der Waals surface area (Å²) in [6.07, 6.45) is 6.74. The van der Waals surface area contributed by atoms with Gasteiger partial charge in [0.2, 0.25) is 0 Å². The van der Waals surface area contributed by atoms with Gasteiger partial charge in [-0.15, -0.1) is 0 Å². The van der Waals surface area contributed by atoms with Crippen LogP contribution in [0.2, 0.25) is 0 Å². The fourth-order valence-electron chi connectivity index (χ4n) is 1.58.